The molecule has 0 aliphatic heterocycles. The van der Waals surface area contributed by atoms with Crippen molar-refractivity contribution in [1.29, 1.82) is 0 Å². The maximum Gasteiger partial charge on any atom is 0.0315 e. The van der Waals surface area contributed by atoms with E-state index in [1.165, 1.54) is 5.57 Å². The molecule has 2 rings (SSSR count). The third kappa shape index (κ3) is 0.963. The molecule has 0 aromatic rings. The van der Waals surface area contributed by atoms with E-state index in [9.17, 15) is 0 Å². The van der Waals surface area contributed by atoms with Crippen molar-refractivity contribution in [1.82, 2.24) is 0 Å². The Morgan fingerprint density at radius 2 is 1.50 bits per heavy atom. The van der Waals surface area contributed by atoms with Gasteiger partial charge in [-0.15, -0.1) is 0 Å². The van der Waals surface area contributed by atoms with Gasteiger partial charge in [0.2, 0.25) is 0 Å². The minimum absolute atomic E-state index is 0.0376. The smallest absolute Gasteiger partial charge is 0.0315 e. The van der Waals surface area contributed by atoms with Gasteiger partial charge in [-0.25, -0.2) is 0 Å². The van der Waals surface area contributed by atoms with E-state index in [2.05, 4.69) is 52.0 Å². The predicted molar refractivity (Wildman–Crippen MR) is 68.5 cm³/mol. The second-order valence-electron chi connectivity index (χ2n) is 5.84. The Labute approximate surface area is 98.1 Å². The van der Waals surface area contributed by atoms with Crippen LogP contribution in [0, 0.1) is 16.2 Å². The van der Waals surface area contributed by atoms with E-state index in [1.54, 1.807) is 0 Å². The summed E-state index contributed by atoms with van der Waals surface area (Å²) in [6.07, 6.45) is 8.69. The maximum atomic E-state index is 6.35. The Bertz CT molecular complexity index is 414. The summed E-state index contributed by atoms with van der Waals surface area (Å²) in [7, 11) is 0. The van der Waals surface area contributed by atoms with Crippen LogP contribution in [0.2, 0.25) is 0 Å². The van der Waals surface area contributed by atoms with Crippen LogP contribution < -0.4 is 11.5 Å². The molecule has 2 nitrogen and oxygen atoms in total. The fourth-order valence-corrected chi connectivity index (χ4v) is 3.27. The van der Waals surface area contributed by atoms with Crippen LogP contribution in [0.5, 0.6) is 0 Å². The first-order valence-corrected chi connectivity index (χ1v) is 5.88. The number of hydrogen-bond acceptors (Lipinski definition) is 2. The summed E-state index contributed by atoms with van der Waals surface area (Å²) >= 11 is 0. The van der Waals surface area contributed by atoms with Crippen LogP contribution in [0.1, 0.15) is 27.7 Å². The highest BCUT2D eigenvalue weighted by atomic mass is 14.8. The Kier molecular flexibility index (Phi) is 2.16. The highest BCUT2D eigenvalue weighted by Crippen LogP contribution is 2.65. The molecule has 0 spiro atoms. The van der Waals surface area contributed by atoms with Crippen molar-refractivity contribution < 1.29 is 0 Å². The van der Waals surface area contributed by atoms with Gasteiger partial charge < -0.3 is 11.5 Å². The van der Waals surface area contributed by atoms with Crippen LogP contribution in [0.4, 0.5) is 0 Å². The van der Waals surface area contributed by atoms with Crippen molar-refractivity contribution in [3.8, 4) is 0 Å². The summed E-state index contributed by atoms with van der Waals surface area (Å²) < 4.78 is 0. The molecule has 2 aliphatic carbocycles. The molecule has 0 aromatic heterocycles. The highest BCUT2D eigenvalue weighted by Gasteiger charge is 2.59. The fraction of sp³-hybridized carbons (Fsp3) is 0.571. The first-order chi connectivity index (χ1) is 7.31. The van der Waals surface area contributed by atoms with Gasteiger partial charge in [0.25, 0.3) is 0 Å². The van der Waals surface area contributed by atoms with E-state index >= 15 is 0 Å². The van der Waals surface area contributed by atoms with Gasteiger partial charge in [0.15, 0.2) is 0 Å². The van der Waals surface area contributed by atoms with Gasteiger partial charge in [0.1, 0.15) is 0 Å². The first kappa shape index (κ1) is 11.5. The van der Waals surface area contributed by atoms with E-state index in [1.807, 2.05) is 0 Å². The zero-order chi connectivity index (χ0) is 12.2. The lowest BCUT2D eigenvalue weighted by atomic mass is 9.57. The molecule has 0 aromatic carbocycles. The summed E-state index contributed by atoms with van der Waals surface area (Å²) in [5.41, 5.74) is 14.3. The third-order valence-electron chi connectivity index (χ3n) is 5.28. The van der Waals surface area contributed by atoms with Crippen molar-refractivity contribution >= 4 is 0 Å². The number of allylic oxidation sites excluding steroid dienone is 4. The summed E-state index contributed by atoms with van der Waals surface area (Å²) in [6.45, 7) is 9.56. The quantitative estimate of drug-likeness (QED) is 0.709. The SMILES string of the molecule is CC12C=CC=CC(C)(C(CN)=C1N)C2(C)C. The molecule has 88 valence electrons. The maximum absolute atomic E-state index is 6.35. The molecule has 0 saturated carbocycles. The van der Waals surface area contributed by atoms with Crippen LogP contribution in [0.15, 0.2) is 35.6 Å². The minimum Gasteiger partial charge on any atom is -0.401 e. The predicted octanol–water partition coefficient (Wildman–Crippen LogP) is 2.34. The molecule has 2 atom stereocenters. The van der Waals surface area contributed by atoms with Crippen LogP contribution in [0.3, 0.4) is 0 Å². The standard InChI is InChI=1S/C14H22N2/c1-12(2)13(3)7-5-6-8-14(12,4)11(16)10(13)9-15/h5-8H,9,15-16H2,1-4H3. The second-order valence-corrected chi connectivity index (χ2v) is 5.84. The topological polar surface area (TPSA) is 52.0 Å². The molecule has 2 unspecified atom stereocenters. The van der Waals surface area contributed by atoms with Crippen LogP contribution in [0.25, 0.3) is 0 Å². The second kappa shape index (κ2) is 3.01. The van der Waals surface area contributed by atoms with Crippen molar-refractivity contribution in [2.75, 3.05) is 6.54 Å². The zero-order valence-electron chi connectivity index (χ0n) is 10.7. The van der Waals surface area contributed by atoms with Gasteiger partial charge in [-0.3, -0.25) is 0 Å². The van der Waals surface area contributed by atoms with Gasteiger partial charge in [0, 0.05) is 23.1 Å². The molecule has 0 fully saturated rings. The van der Waals surface area contributed by atoms with E-state index in [-0.39, 0.29) is 16.2 Å². The lowest BCUT2D eigenvalue weighted by Gasteiger charge is -2.45. The van der Waals surface area contributed by atoms with Gasteiger partial charge in [0.05, 0.1) is 0 Å². The average molecular weight is 218 g/mol. The van der Waals surface area contributed by atoms with Gasteiger partial charge in [-0.1, -0.05) is 52.0 Å². The van der Waals surface area contributed by atoms with E-state index < -0.39 is 0 Å². The Morgan fingerprint density at radius 3 is 2.00 bits per heavy atom. The molecule has 2 aliphatic rings. The summed E-state index contributed by atoms with van der Waals surface area (Å²) in [6, 6.07) is 0. The van der Waals surface area contributed by atoms with Crippen molar-refractivity contribution in [2.45, 2.75) is 27.7 Å². The molecule has 2 bridgehead atoms. The van der Waals surface area contributed by atoms with E-state index in [4.69, 9.17) is 11.5 Å². The summed E-state index contributed by atoms with van der Waals surface area (Å²) in [5.74, 6) is 0. The summed E-state index contributed by atoms with van der Waals surface area (Å²) in [4.78, 5) is 0. The average Bonchev–Trinajstić information content (AvgIpc) is 2.28. The lowest BCUT2D eigenvalue weighted by Crippen LogP contribution is -2.41. The van der Waals surface area contributed by atoms with Crippen LogP contribution in [-0.4, -0.2) is 6.54 Å². The van der Waals surface area contributed by atoms with Crippen molar-refractivity contribution in [2.24, 2.45) is 27.7 Å². The molecule has 0 heterocycles. The molecular formula is C14H22N2. The normalized spacial score (nSPS) is 40.3. The molecule has 0 radical (unpaired) electrons. The molecule has 4 N–H and O–H groups in total. The first-order valence-electron chi connectivity index (χ1n) is 5.88. The Morgan fingerprint density at radius 1 is 1.00 bits per heavy atom. The fourth-order valence-electron chi connectivity index (χ4n) is 3.27. The van der Waals surface area contributed by atoms with Crippen molar-refractivity contribution in [3.63, 3.8) is 0 Å². The van der Waals surface area contributed by atoms with Gasteiger partial charge in [-0.2, -0.15) is 0 Å². The van der Waals surface area contributed by atoms with Gasteiger partial charge in [-0.05, 0) is 11.0 Å². The molecule has 0 saturated heterocycles. The highest BCUT2D eigenvalue weighted by molar-refractivity contribution is 5.47. The summed E-state index contributed by atoms with van der Waals surface area (Å²) in [5, 5.41) is 0. The lowest BCUT2D eigenvalue weighted by molar-refractivity contribution is 0.105. The van der Waals surface area contributed by atoms with Crippen LogP contribution >= 0.6 is 0 Å². The molecule has 0 amide bonds. The monoisotopic (exact) mass is 218 g/mol. The van der Waals surface area contributed by atoms with E-state index in [0.29, 0.717) is 6.54 Å². The third-order valence-corrected chi connectivity index (χ3v) is 5.28. The molecule has 2 heteroatoms. The minimum atomic E-state index is -0.0973. The van der Waals surface area contributed by atoms with E-state index in [0.717, 1.165) is 5.70 Å². The number of fused-ring (bicyclic) bond motifs is 2. The number of rotatable bonds is 1. The van der Waals surface area contributed by atoms with Gasteiger partial charge >= 0.3 is 0 Å². The number of hydrogen-bond donors (Lipinski definition) is 2. The van der Waals surface area contributed by atoms with Crippen LogP contribution in [-0.2, 0) is 0 Å². The zero-order valence-corrected chi connectivity index (χ0v) is 10.7. The molecular weight excluding hydrogens is 196 g/mol. The Balaban J connectivity index is 2.77. The number of nitrogens with two attached hydrogens (primary N) is 2. The molecule has 16 heavy (non-hydrogen) atoms. The Hall–Kier alpha value is -1.02. The van der Waals surface area contributed by atoms with Crippen molar-refractivity contribution in [3.05, 3.63) is 35.6 Å². The largest absolute Gasteiger partial charge is 0.401 e.